The lowest BCUT2D eigenvalue weighted by Gasteiger charge is -2.13. The Bertz CT molecular complexity index is 1230. The minimum absolute atomic E-state index is 0. The van der Waals surface area contributed by atoms with Crippen molar-refractivity contribution in [2.45, 2.75) is 13.2 Å². The Morgan fingerprint density at radius 3 is 2.46 bits per heavy atom. The van der Waals surface area contributed by atoms with Crippen LogP contribution >= 0.6 is 48.0 Å². The van der Waals surface area contributed by atoms with Gasteiger partial charge in [-0.2, -0.15) is 0 Å². The van der Waals surface area contributed by atoms with Gasteiger partial charge in [0.2, 0.25) is 0 Å². The zero-order valence-corrected chi connectivity index (χ0v) is 22.1. The molecule has 0 aliphatic carbocycles. The predicted octanol–water partition coefficient (Wildman–Crippen LogP) is 6.57. The number of nitrogens with one attached hydrogen (secondary N) is 2. The molecule has 2 aromatic carbocycles. The maximum atomic E-state index is 6.06. The van der Waals surface area contributed by atoms with Crippen LogP contribution in [-0.2, 0) is 13.2 Å². The van der Waals surface area contributed by atoms with E-state index in [2.05, 4.69) is 20.6 Å². The average molecular weight is 556 g/mol. The first-order valence-corrected chi connectivity index (χ1v) is 11.3. The first-order valence-electron chi connectivity index (χ1n) is 10.5. The quantitative estimate of drug-likeness (QED) is 0.170. The topological polar surface area (TPSA) is 68.3 Å². The molecule has 0 atom stereocenters. The fourth-order valence-corrected chi connectivity index (χ4v) is 3.67. The van der Waals surface area contributed by atoms with Gasteiger partial charge in [-0.05, 0) is 48.0 Å². The molecule has 0 unspecified atom stereocenters. The molecule has 0 saturated heterocycles. The van der Waals surface area contributed by atoms with Gasteiger partial charge in [-0.1, -0.05) is 35.3 Å². The van der Waals surface area contributed by atoms with Gasteiger partial charge >= 0.3 is 0 Å². The largest absolute Gasteiger partial charge is 0.493 e. The zero-order chi connectivity index (χ0) is 23.0. The standard InChI is InChI=1S/C25H24Cl2N4O2.2ClH/c1-32-24-12-17(2-6-23(24)33-16-18-3-7-25(27)31-15-18)14-28-10-11-30-21-8-9-29-22-13-19(26)4-5-20(21)22;;/h2-9,12-13,15,28H,10-11,14,16H2,1H3,(H,29,30);2*1H. The molecule has 35 heavy (non-hydrogen) atoms. The molecule has 0 bridgehead atoms. The summed E-state index contributed by atoms with van der Waals surface area (Å²) in [7, 11) is 1.64. The van der Waals surface area contributed by atoms with Crippen molar-refractivity contribution < 1.29 is 9.47 Å². The van der Waals surface area contributed by atoms with Crippen LogP contribution in [0.3, 0.4) is 0 Å². The van der Waals surface area contributed by atoms with E-state index in [-0.39, 0.29) is 24.8 Å². The summed E-state index contributed by atoms with van der Waals surface area (Å²) in [6.07, 6.45) is 3.48. The maximum Gasteiger partial charge on any atom is 0.161 e. The fourth-order valence-electron chi connectivity index (χ4n) is 3.39. The molecule has 0 fully saturated rings. The average Bonchev–Trinajstić information content (AvgIpc) is 2.83. The van der Waals surface area contributed by atoms with Crippen LogP contribution in [0.1, 0.15) is 11.1 Å². The van der Waals surface area contributed by atoms with Crippen molar-refractivity contribution in [2.24, 2.45) is 0 Å². The van der Waals surface area contributed by atoms with Crippen molar-refractivity contribution in [1.82, 2.24) is 15.3 Å². The van der Waals surface area contributed by atoms with E-state index in [1.807, 2.05) is 48.5 Å². The number of benzene rings is 2. The minimum atomic E-state index is 0. The molecule has 2 N–H and O–H groups in total. The van der Waals surface area contributed by atoms with Crippen LogP contribution in [0.25, 0.3) is 10.9 Å². The summed E-state index contributed by atoms with van der Waals surface area (Å²) in [4.78, 5) is 8.44. The highest BCUT2D eigenvalue weighted by atomic mass is 35.5. The summed E-state index contributed by atoms with van der Waals surface area (Å²) in [5.41, 5.74) is 3.96. The first kappa shape index (κ1) is 28.8. The third-order valence-corrected chi connectivity index (χ3v) is 5.52. The number of halogens is 4. The normalized spacial score (nSPS) is 10.3. The van der Waals surface area contributed by atoms with Crippen LogP contribution in [0.4, 0.5) is 5.69 Å². The van der Waals surface area contributed by atoms with E-state index in [0.29, 0.717) is 34.8 Å². The molecule has 0 amide bonds. The van der Waals surface area contributed by atoms with Crippen molar-refractivity contribution in [2.75, 3.05) is 25.5 Å². The Hall–Kier alpha value is -2.48. The summed E-state index contributed by atoms with van der Waals surface area (Å²) < 4.78 is 11.4. The zero-order valence-electron chi connectivity index (χ0n) is 19.0. The van der Waals surface area contributed by atoms with Crippen LogP contribution in [0, 0.1) is 0 Å². The number of rotatable bonds is 10. The van der Waals surface area contributed by atoms with Gasteiger partial charge in [0.05, 0.1) is 12.6 Å². The van der Waals surface area contributed by atoms with Crippen LogP contribution in [0.15, 0.2) is 67.0 Å². The van der Waals surface area contributed by atoms with Crippen molar-refractivity contribution >= 4 is 64.6 Å². The Balaban J connectivity index is 0.00000216. The molecule has 0 saturated carbocycles. The Morgan fingerprint density at radius 1 is 0.857 bits per heavy atom. The molecular formula is C25H26Cl4N4O2. The Kier molecular flexibility index (Phi) is 11.6. The van der Waals surface area contributed by atoms with Gasteiger partial charge in [0.25, 0.3) is 0 Å². The molecule has 0 aliphatic heterocycles. The van der Waals surface area contributed by atoms with Crippen LogP contribution in [0.5, 0.6) is 11.5 Å². The number of methoxy groups -OCH3 is 1. The number of aromatic nitrogens is 2. The third-order valence-electron chi connectivity index (χ3n) is 5.06. The maximum absolute atomic E-state index is 6.06. The van der Waals surface area contributed by atoms with Crippen molar-refractivity contribution in [1.29, 1.82) is 0 Å². The molecule has 0 spiro atoms. The van der Waals surface area contributed by atoms with E-state index in [1.54, 1.807) is 25.6 Å². The number of pyridine rings is 2. The Labute approximate surface area is 227 Å². The predicted molar refractivity (Wildman–Crippen MR) is 148 cm³/mol. The van der Waals surface area contributed by atoms with Gasteiger partial charge in [0, 0.05) is 53.7 Å². The summed E-state index contributed by atoms with van der Waals surface area (Å²) in [5, 5.41) is 9.10. The summed E-state index contributed by atoms with van der Waals surface area (Å²) >= 11 is 11.9. The number of anilines is 1. The van der Waals surface area contributed by atoms with Crippen LogP contribution < -0.4 is 20.1 Å². The van der Waals surface area contributed by atoms with Crippen molar-refractivity contribution in [3.05, 3.63) is 88.3 Å². The number of nitrogens with zero attached hydrogens (tertiary/aromatic N) is 2. The monoisotopic (exact) mass is 554 g/mol. The van der Waals surface area contributed by atoms with Crippen molar-refractivity contribution in [3.8, 4) is 11.5 Å². The van der Waals surface area contributed by atoms with Gasteiger partial charge in [-0.3, -0.25) is 4.98 Å². The van der Waals surface area contributed by atoms with Gasteiger partial charge < -0.3 is 20.1 Å². The lowest BCUT2D eigenvalue weighted by molar-refractivity contribution is 0.284. The molecule has 2 aromatic heterocycles. The van der Waals surface area contributed by atoms with E-state index in [4.69, 9.17) is 32.7 Å². The number of ether oxygens (including phenoxy) is 2. The van der Waals surface area contributed by atoms with E-state index >= 15 is 0 Å². The molecule has 10 heteroatoms. The summed E-state index contributed by atoms with van der Waals surface area (Å²) in [6, 6.07) is 17.3. The minimum Gasteiger partial charge on any atom is -0.493 e. The Morgan fingerprint density at radius 2 is 1.69 bits per heavy atom. The van der Waals surface area contributed by atoms with Gasteiger partial charge in [-0.15, -0.1) is 24.8 Å². The number of hydrogen-bond donors (Lipinski definition) is 2. The lowest BCUT2D eigenvalue weighted by atomic mass is 10.2. The lowest BCUT2D eigenvalue weighted by Crippen LogP contribution is -2.21. The van der Waals surface area contributed by atoms with E-state index < -0.39 is 0 Å². The molecule has 0 aliphatic rings. The second-order valence-corrected chi connectivity index (χ2v) is 8.21. The highest BCUT2D eigenvalue weighted by Gasteiger charge is 2.07. The van der Waals surface area contributed by atoms with Crippen LogP contribution in [0.2, 0.25) is 10.2 Å². The van der Waals surface area contributed by atoms with E-state index in [9.17, 15) is 0 Å². The number of fused-ring (bicyclic) bond motifs is 1. The van der Waals surface area contributed by atoms with E-state index in [0.717, 1.165) is 40.8 Å². The fraction of sp³-hybridized carbons (Fsp3) is 0.200. The second kappa shape index (κ2) is 14.2. The summed E-state index contributed by atoms with van der Waals surface area (Å²) in [6.45, 7) is 2.67. The first-order chi connectivity index (χ1) is 16.1. The molecule has 2 heterocycles. The van der Waals surface area contributed by atoms with Gasteiger partial charge in [0.15, 0.2) is 11.5 Å². The highest BCUT2D eigenvalue weighted by molar-refractivity contribution is 6.31. The molecule has 186 valence electrons. The van der Waals surface area contributed by atoms with E-state index in [1.165, 1.54) is 0 Å². The molecule has 0 radical (unpaired) electrons. The molecule has 4 aromatic rings. The third kappa shape index (κ3) is 8.02. The molecular weight excluding hydrogens is 530 g/mol. The number of hydrogen-bond acceptors (Lipinski definition) is 6. The van der Waals surface area contributed by atoms with Gasteiger partial charge in [-0.25, -0.2) is 4.98 Å². The molecule has 6 nitrogen and oxygen atoms in total. The summed E-state index contributed by atoms with van der Waals surface area (Å²) in [5.74, 6) is 1.37. The molecule has 4 rings (SSSR count). The second-order valence-electron chi connectivity index (χ2n) is 7.39. The van der Waals surface area contributed by atoms with Gasteiger partial charge in [0.1, 0.15) is 11.8 Å². The smallest absolute Gasteiger partial charge is 0.161 e. The SMILES string of the molecule is COc1cc(CNCCNc2ccnc3cc(Cl)ccc23)ccc1OCc1ccc(Cl)nc1.Cl.Cl. The highest BCUT2D eigenvalue weighted by Crippen LogP contribution is 2.29. The van der Waals surface area contributed by atoms with Crippen molar-refractivity contribution in [3.63, 3.8) is 0 Å². The van der Waals surface area contributed by atoms with Crippen LogP contribution in [-0.4, -0.2) is 30.2 Å².